The maximum absolute atomic E-state index is 11.1. The quantitative estimate of drug-likeness (QED) is 0.710. The van der Waals surface area contributed by atoms with Crippen LogP contribution in [0.3, 0.4) is 0 Å². The largest absolute Gasteiger partial charge is 0.497 e. The zero-order chi connectivity index (χ0) is 10.1. The Labute approximate surface area is 85.3 Å². The van der Waals surface area contributed by atoms with E-state index in [2.05, 4.69) is 4.98 Å². The average molecular weight is 207 g/mol. The Kier molecular flexibility index (Phi) is 2.21. The molecule has 0 saturated carbocycles. The molecular formula is C10H9NO2S. The van der Waals surface area contributed by atoms with E-state index in [1.807, 2.05) is 18.2 Å². The summed E-state index contributed by atoms with van der Waals surface area (Å²) in [4.78, 5) is 15.3. The second kappa shape index (κ2) is 3.38. The summed E-state index contributed by atoms with van der Waals surface area (Å²) in [6.07, 6.45) is 0. The van der Waals surface area contributed by atoms with Crippen LogP contribution in [0, 0.1) is 0 Å². The number of carbonyl (C=O) groups is 1. The van der Waals surface area contributed by atoms with Crippen LogP contribution in [0.5, 0.6) is 5.75 Å². The molecule has 0 radical (unpaired) electrons. The maximum Gasteiger partial charge on any atom is 0.188 e. The van der Waals surface area contributed by atoms with E-state index in [9.17, 15) is 4.79 Å². The number of aromatic nitrogens is 1. The van der Waals surface area contributed by atoms with Crippen molar-refractivity contribution in [1.82, 2.24) is 4.98 Å². The zero-order valence-corrected chi connectivity index (χ0v) is 8.72. The summed E-state index contributed by atoms with van der Waals surface area (Å²) in [5.41, 5.74) is 0.819. The van der Waals surface area contributed by atoms with Crippen molar-refractivity contribution in [2.45, 2.75) is 6.92 Å². The molecule has 3 nitrogen and oxygen atoms in total. The molecule has 0 spiro atoms. The number of benzene rings is 1. The fourth-order valence-corrected chi connectivity index (χ4v) is 2.03. The summed E-state index contributed by atoms with van der Waals surface area (Å²) >= 11 is 1.41. The maximum atomic E-state index is 11.1. The number of rotatable bonds is 2. The molecule has 2 aromatic rings. The standard InChI is InChI=1S/C10H9NO2S/c1-6(12)10-11-8-5-7(13-2)3-4-9(8)14-10/h3-5H,1-2H3. The van der Waals surface area contributed by atoms with Crippen LogP contribution in [0.15, 0.2) is 18.2 Å². The molecule has 72 valence electrons. The Morgan fingerprint density at radius 2 is 2.29 bits per heavy atom. The van der Waals surface area contributed by atoms with Gasteiger partial charge in [-0.1, -0.05) is 0 Å². The first-order valence-corrected chi connectivity index (χ1v) is 4.98. The van der Waals surface area contributed by atoms with Crippen LogP contribution in [0.1, 0.15) is 16.7 Å². The Morgan fingerprint density at radius 1 is 1.50 bits per heavy atom. The molecule has 1 aromatic carbocycles. The van der Waals surface area contributed by atoms with Gasteiger partial charge in [0.1, 0.15) is 5.75 Å². The summed E-state index contributed by atoms with van der Waals surface area (Å²) in [5.74, 6) is 0.767. The number of ether oxygens (including phenoxy) is 1. The van der Waals surface area contributed by atoms with Crippen molar-refractivity contribution in [2.24, 2.45) is 0 Å². The lowest BCUT2D eigenvalue weighted by Crippen LogP contribution is -1.88. The van der Waals surface area contributed by atoms with Gasteiger partial charge >= 0.3 is 0 Å². The first-order valence-electron chi connectivity index (χ1n) is 4.16. The zero-order valence-electron chi connectivity index (χ0n) is 7.90. The van der Waals surface area contributed by atoms with E-state index in [1.54, 1.807) is 7.11 Å². The molecular weight excluding hydrogens is 198 g/mol. The van der Waals surface area contributed by atoms with Gasteiger partial charge in [0.15, 0.2) is 10.8 Å². The molecule has 0 aliphatic rings. The molecule has 0 aliphatic heterocycles. The van der Waals surface area contributed by atoms with E-state index in [0.29, 0.717) is 5.01 Å². The smallest absolute Gasteiger partial charge is 0.188 e. The van der Waals surface area contributed by atoms with Crippen LogP contribution in [-0.2, 0) is 0 Å². The van der Waals surface area contributed by atoms with Crippen LogP contribution in [0.25, 0.3) is 10.2 Å². The molecule has 0 aliphatic carbocycles. The Balaban J connectivity index is 2.60. The predicted octanol–water partition coefficient (Wildman–Crippen LogP) is 2.51. The number of ketones is 1. The SMILES string of the molecule is COc1ccc2sc(C(C)=O)nc2c1. The molecule has 0 atom stereocenters. The lowest BCUT2D eigenvalue weighted by atomic mass is 10.3. The molecule has 2 rings (SSSR count). The monoisotopic (exact) mass is 207 g/mol. The molecule has 14 heavy (non-hydrogen) atoms. The van der Waals surface area contributed by atoms with Crippen LogP contribution in [-0.4, -0.2) is 17.9 Å². The number of methoxy groups -OCH3 is 1. The first kappa shape index (κ1) is 9.15. The van der Waals surface area contributed by atoms with Crippen molar-refractivity contribution in [3.05, 3.63) is 23.2 Å². The number of nitrogens with zero attached hydrogens (tertiary/aromatic N) is 1. The normalized spacial score (nSPS) is 10.4. The predicted molar refractivity (Wildman–Crippen MR) is 56.2 cm³/mol. The average Bonchev–Trinajstić information content (AvgIpc) is 2.59. The first-order chi connectivity index (χ1) is 6.70. The minimum Gasteiger partial charge on any atom is -0.497 e. The van der Waals surface area contributed by atoms with E-state index in [0.717, 1.165) is 16.0 Å². The molecule has 0 amide bonds. The fraction of sp³-hybridized carbons (Fsp3) is 0.200. The van der Waals surface area contributed by atoms with Gasteiger partial charge in [-0.05, 0) is 12.1 Å². The number of hydrogen-bond acceptors (Lipinski definition) is 4. The number of thiazole rings is 1. The third kappa shape index (κ3) is 1.48. The van der Waals surface area contributed by atoms with Crippen LogP contribution in [0.2, 0.25) is 0 Å². The van der Waals surface area contributed by atoms with Gasteiger partial charge in [0, 0.05) is 13.0 Å². The van der Waals surface area contributed by atoms with Gasteiger partial charge in [0.05, 0.1) is 17.3 Å². The van der Waals surface area contributed by atoms with E-state index < -0.39 is 0 Å². The Bertz CT molecular complexity index is 490. The lowest BCUT2D eigenvalue weighted by molar-refractivity contribution is 0.101. The van der Waals surface area contributed by atoms with Crippen molar-refractivity contribution < 1.29 is 9.53 Å². The van der Waals surface area contributed by atoms with Crippen LogP contribution in [0.4, 0.5) is 0 Å². The highest BCUT2D eigenvalue weighted by Gasteiger charge is 2.07. The molecule has 1 aromatic heterocycles. The van der Waals surface area contributed by atoms with Gasteiger partial charge in [0.25, 0.3) is 0 Å². The van der Waals surface area contributed by atoms with Gasteiger partial charge in [-0.25, -0.2) is 4.98 Å². The number of fused-ring (bicyclic) bond motifs is 1. The third-order valence-electron chi connectivity index (χ3n) is 1.90. The molecule has 0 fully saturated rings. The summed E-state index contributed by atoms with van der Waals surface area (Å²) in [7, 11) is 1.61. The highest BCUT2D eigenvalue weighted by molar-refractivity contribution is 7.20. The highest BCUT2D eigenvalue weighted by atomic mass is 32.1. The third-order valence-corrected chi connectivity index (χ3v) is 3.03. The van der Waals surface area contributed by atoms with Crippen molar-refractivity contribution >= 4 is 27.3 Å². The summed E-state index contributed by atoms with van der Waals surface area (Å²) < 4.78 is 6.08. The topological polar surface area (TPSA) is 39.2 Å². The van der Waals surface area contributed by atoms with Crippen LogP contribution < -0.4 is 4.74 Å². The van der Waals surface area contributed by atoms with Gasteiger partial charge in [-0.2, -0.15) is 0 Å². The fourth-order valence-electron chi connectivity index (χ4n) is 1.18. The van der Waals surface area contributed by atoms with Crippen molar-refractivity contribution in [3.63, 3.8) is 0 Å². The van der Waals surface area contributed by atoms with Gasteiger partial charge in [-0.3, -0.25) is 4.79 Å². The minimum atomic E-state index is 0.00478. The lowest BCUT2D eigenvalue weighted by Gasteiger charge is -1.96. The molecule has 0 N–H and O–H groups in total. The van der Waals surface area contributed by atoms with E-state index in [1.165, 1.54) is 18.3 Å². The van der Waals surface area contributed by atoms with Crippen molar-refractivity contribution in [3.8, 4) is 5.75 Å². The van der Waals surface area contributed by atoms with Crippen LogP contribution >= 0.6 is 11.3 Å². The summed E-state index contributed by atoms with van der Waals surface area (Å²) in [6, 6.07) is 5.61. The minimum absolute atomic E-state index is 0.00478. The van der Waals surface area contributed by atoms with E-state index in [-0.39, 0.29) is 5.78 Å². The summed E-state index contributed by atoms with van der Waals surface area (Å²) in [5, 5.41) is 0.549. The van der Waals surface area contributed by atoms with Gasteiger partial charge < -0.3 is 4.74 Å². The highest BCUT2D eigenvalue weighted by Crippen LogP contribution is 2.25. The molecule has 0 saturated heterocycles. The second-order valence-electron chi connectivity index (χ2n) is 2.91. The Hall–Kier alpha value is -1.42. The summed E-state index contributed by atoms with van der Waals surface area (Å²) in [6.45, 7) is 1.52. The molecule has 0 unspecified atom stereocenters. The molecule has 4 heteroatoms. The van der Waals surface area contributed by atoms with Gasteiger partial charge in [-0.15, -0.1) is 11.3 Å². The molecule has 1 heterocycles. The van der Waals surface area contributed by atoms with Gasteiger partial charge in [0.2, 0.25) is 0 Å². The number of Topliss-reactive ketones (excluding diaryl/α,β-unsaturated/α-hetero) is 1. The molecule has 0 bridgehead atoms. The van der Waals surface area contributed by atoms with Crippen molar-refractivity contribution in [2.75, 3.05) is 7.11 Å². The number of carbonyl (C=O) groups excluding carboxylic acids is 1. The van der Waals surface area contributed by atoms with E-state index in [4.69, 9.17) is 4.74 Å². The van der Waals surface area contributed by atoms with Crippen molar-refractivity contribution in [1.29, 1.82) is 0 Å². The Morgan fingerprint density at radius 3 is 2.93 bits per heavy atom. The van der Waals surface area contributed by atoms with E-state index >= 15 is 0 Å². The second-order valence-corrected chi connectivity index (χ2v) is 3.94. The number of hydrogen-bond donors (Lipinski definition) is 0.